The van der Waals surface area contributed by atoms with Crippen molar-refractivity contribution in [1.82, 2.24) is 5.32 Å². The molecular formula is C15H19NO4S2. The fraction of sp³-hybridized carbons (Fsp3) is 0.600. The number of carbonyl (C=O) groups is 2. The number of hydrogen-bond acceptors (Lipinski definition) is 5. The number of carbonyl (C=O) groups excluding carboxylic acids is 1. The summed E-state index contributed by atoms with van der Waals surface area (Å²) in [6.07, 6.45) is 2.07. The molecule has 0 aromatic carbocycles. The Kier molecular flexibility index (Phi) is 4.75. The average molecular weight is 341 g/mol. The van der Waals surface area contributed by atoms with E-state index in [1.165, 1.54) is 4.88 Å². The lowest BCUT2D eigenvalue weighted by molar-refractivity contribution is -0.140. The van der Waals surface area contributed by atoms with E-state index >= 15 is 0 Å². The summed E-state index contributed by atoms with van der Waals surface area (Å²) in [5, 5.41) is 14.0. The Labute approximate surface area is 137 Å². The molecular weight excluding hydrogens is 322 g/mol. The van der Waals surface area contributed by atoms with Gasteiger partial charge in [-0.25, -0.2) is 0 Å². The van der Waals surface area contributed by atoms with Crippen molar-refractivity contribution in [3.05, 3.63) is 21.9 Å². The third-order valence-corrected chi connectivity index (χ3v) is 6.48. The maximum atomic E-state index is 12.8. The highest BCUT2D eigenvalue weighted by molar-refractivity contribution is 8.00. The SMILES string of the molecule is O=C(O)CC1(NC(=O)C2SCCc3sccc32)CCOCC1. The molecule has 1 aromatic rings. The predicted octanol–water partition coefficient (Wildman–Crippen LogP) is 2.22. The first-order chi connectivity index (χ1) is 10.6. The molecule has 2 aliphatic rings. The first-order valence-electron chi connectivity index (χ1n) is 7.39. The Morgan fingerprint density at radius 1 is 1.41 bits per heavy atom. The normalized spacial score (nSPS) is 23.5. The third kappa shape index (κ3) is 3.31. The van der Waals surface area contributed by atoms with Crippen molar-refractivity contribution < 1.29 is 19.4 Å². The molecule has 2 aliphatic heterocycles. The smallest absolute Gasteiger partial charge is 0.305 e. The number of hydrogen-bond donors (Lipinski definition) is 2. The van der Waals surface area contributed by atoms with Crippen LogP contribution in [0.5, 0.6) is 0 Å². The minimum absolute atomic E-state index is 0.0457. The third-order valence-electron chi connectivity index (χ3n) is 4.24. The lowest BCUT2D eigenvalue weighted by atomic mass is 9.86. The molecule has 1 atom stereocenters. The van der Waals surface area contributed by atoms with Gasteiger partial charge in [-0.1, -0.05) is 0 Å². The monoisotopic (exact) mass is 341 g/mol. The van der Waals surface area contributed by atoms with Gasteiger partial charge >= 0.3 is 5.97 Å². The number of thioether (sulfide) groups is 1. The van der Waals surface area contributed by atoms with Crippen LogP contribution in [0.4, 0.5) is 0 Å². The first-order valence-corrected chi connectivity index (χ1v) is 9.32. The molecule has 7 heteroatoms. The number of carboxylic acids is 1. The molecule has 0 spiro atoms. The molecule has 0 radical (unpaired) electrons. The van der Waals surface area contributed by atoms with Crippen LogP contribution < -0.4 is 5.32 Å². The number of rotatable bonds is 4. The highest BCUT2D eigenvalue weighted by atomic mass is 32.2. The van der Waals surface area contributed by atoms with Crippen molar-refractivity contribution in [2.45, 2.75) is 36.5 Å². The molecule has 1 unspecified atom stereocenters. The van der Waals surface area contributed by atoms with E-state index in [9.17, 15) is 14.7 Å². The maximum Gasteiger partial charge on any atom is 0.305 e. The van der Waals surface area contributed by atoms with Gasteiger partial charge in [-0.3, -0.25) is 9.59 Å². The van der Waals surface area contributed by atoms with Gasteiger partial charge in [-0.2, -0.15) is 0 Å². The van der Waals surface area contributed by atoms with Gasteiger partial charge in [0, 0.05) is 18.1 Å². The summed E-state index contributed by atoms with van der Waals surface area (Å²) in [5.74, 6) is -0.0112. The lowest BCUT2D eigenvalue weighted by Crippen LogP contribution is -2.54. The molecule has 1 fully saturated rings. The largest absolute Gasteiger partial charge is 0.481 e. The maximum absolute atomic E-state index is 12.8. The molecule has 1 saturated heterocycles. The minimum Gasteiger partial charge on any atom is -0.481 e. The summed E-state index contributed by atoms with van der Waals surface area (Å²) in [7, 11) is 0. The van der Waals surface area contributed by atoms with E-state index in [1.807, 2.05) is 11.4 Å². The van der Waals surface area contributed by atoms with Gasteiger partial charge in [0.1, 0.15) is 5.25 Å². The fourth-order valence-corrected chi connectivity index (χ4v) is 5.38. The zero-order chi connectivity index (χ0) is 15.6. The van der Waals surface area contributed by atoms with Gasteiger partial charge < -0.3 is 15.2 Å². The van der Waals surface area contributed by atoms with Crippen molar-refractivity contribution in [3.8, 4) is 0 Å². The first kappa shape index (κ1) is 15.8. The average Bonchev–Trinajstić information content (AvgIpc) is 2.95. The van der Waals surface area contributed by atoms with Crippen molar-refractivity contribution >= 4 is 35.0 Å². The summed E-state index contributed by atoms with van der Waals surface area (Å²) >= 11 is 3.34. The number of aryl methyl sites for hydroxylation is 1. The molecule has 0 aliphatic carbocycles. The topological polar surface area (TPSA) is 75.6 Å². The van der Waals surface area contributed by atoms with Crippen molar-refractivity contribution in [3.63, 3.8) is 0 Å². The van der Waals surface area contributed by atoms with Crippen molar-refractivity contribution in [2.75, 3.05) is 19.0 Å². The number of fused-ring (bicyclic) bond motifs is 1. The van der Waals surface area contributed by atoms with Crippen LogP contribution in [0.15, 0.2) is 11.4 Å². The number of ether oxygens (including phenoxy) is 1. The Morgan fingerprint density at radius 3 is 2.91 bits per heavy atom. The van der Waals surface area contributed by atoms with Gasteiger partial charge in [-0.05, 0) is 42.0 Å². The molecule has 3 heterocycles. The van der Waals surface area contributed by atoms with Gasteiger partial charge in [0.2, 0.25) is 5.91 Å². The van der Waals surface area contributed by atoms with Gasteiger partial charge in [-0.15, -0.1) is 23.1 Å². The van der Waals surface area contributed by atoms with Crippen LogP contribution in [0.3, 0.4) is 0 Å². The number of thiophene rings is 1. The van der Waals surface area contributed by atoms with Crippen LogP contribution in [0, 0.1) is 0 Å². The molecule has 0 bridgehead atoms. The van der Waals surface area contributed by atoms with Crippen LogP contribution in [0.25, 0.3) is 0 Å². The van der Waals surface area contributed by atoms with Crippen LogP contribution in [-0.4, -0.2) is 41.5 Å². The van der Waals surface area contributed by atoms with Crippen molar-refractivity contribution in [2.24, 2.45) is 0 Å². The molecule has 1 amide bonds. The van der Waals surface area contributed by atoms with Gasteiger partial charge in [0.05, 0.1) is 12.0 Å². The molecule has 3 rings (SSSR count). The van der Waals surface area contributed by atoms with Crippen LogP contribution in [-0.2, 0) is 20.7 Å². The summed E-state index contributed by atoms with van der Waals surface area (Å²) in [6.45, 7) is 0.990. The van der Waals surface area contributed by atoms with E-state index < -0.39 is 11.5 Å². The van der Waals surface area contributed by atoms with Gasteiger partial charge in [0.25, 0.3) is 0 Å². The molecule has 5 nitrogen and oxygen atoms in total. The van der Waals surface area contributed by atoms with E-state index in [0.29, 0.717) is 26.1 Å². The summed E-state index contributed by atoms with van der Waals surface area (Å²) in [5.41, 5.74) is 0.423. The number of aliphatic carboxylic acids is 1. The second-order valence-corrected chi connectivity index (χ2v) is 7.97. The molecule has 120 valence electrons. The lowest BCUT2D eigenvalue weighted by Gasteiger charge is -2.38. The second-order valence-electron chi connectivity index (χ2n) is 5.75. The summed E-state index contributed by atoms with van der Waals surface area (Å²) in [6, 6.07) is 2.02. The Morgan fingerprint density at radius 2 is 2.18 bits per heavy atom. The van der Waals surface area contributed by atoms with E-state index in [0.717, 1.165) is 17.7 Å². The number of nitrogens with one attached hydrogen (secondary N) is 1. The zero-order valence-electron chi connectivity index (χ0n) is 12.2. The van der Waals surface area contributed by atoms with Gasteiger partial charge in [0.15, 0.2) is 0 Å². The molecule has 2 N–H and O–H groups in total. The van der Waals surface area contributed by atoms with Crippen LogP contribution >= 0.6 is 23.1 Å². The standard InChI is InChI=1S/C15H19NO4S2/c17-12(18)9-15(3-5-20-6-4-15)16-14(19)13-10-1-7-21-11(10)2-8-22-13/h1,7,13H,2-6,8-9H2,(H,16,19)(H,17,18). The van der Waals surface area contributed by atoms with Crippen LogP contribution in [0.2, 0.25) is 0 Å². The van der Waals surface area contributed by atoms with E-state index in [2.05, 4.69) is 5.32 Å². The van der Waals surface area contributed by atoms with Crippen molar-refractivity contribution in [1.29, 1.82) is 0 Å². The molecule has 1 aromatic heterocycles. The zero-order valence-corrected chi connectivity index (χ0v) is 13.8. The predicted molar refractivity (Wildman–Crippen MR) is 86.4 cm³/mol. The molecule has 22 heavy (non-hydrogen) atoms. The van der Waals surface area contributed by atoms with E-state index in [-0.39, 0.29) is 17.6 Å². The Hall–Kier alpha value is -1.05. The van der Waals surface area contributed by atoms with Crippen LogP contribution in [0.1, 0.15) is 35.0 Å². The quantitative estimate of drug-likeness (QED) is 0.878. The summed E-state index contributed by atoms with van der Waals surface area (Å²) < 4.78 is 5.33. The van der Waals surface area contributed by atoms with E-state index in [4.69, 9.17) is 4.74 Å². The summed E-state index contributed by atoms with van der Waals surface area (Å²) in [4.78, 5) is 25.2. The number of amides is 1. The molecule has 0 saturated carbocycles. The number of carboxylic acid groups (broad SMARTS) is 1. The Balaban J connectivity index is 1.76. The Bertz CT molecular complexity index is 566. The second kappa shape index (κ2) is 6.60. The van der Waals surface area contributed by atoms with E-state index in [1.54, 1.807) is 23.1 Å². The highest BCUT2D eigenvalue weighted by Gasteiger charge is 2.39. The minimum atomic E-state index is -0.880. The fourth-order valence-electron chi connectivity index (χ4n) is 3.09. The highest BCUT2D eigenvalue weighted by Crippen LogP contribution is 2.40.